The SMILES string of the molecule is CO[C@@H]1[C@@H](O)[C@H](O[C@@H]2[C@@H](O)[C@H](O[C@H]3[C@H](O)[C@@H](O)[C@H](O[C@H]4[C@H](O[C@H]5CC[C@]6(C)[C@@H]7CC[C@]89C(=O)O[C@@](C)(C(CC=C(C)C)OC(C)=O)[C@H]8CC[C@@]9(C)C7=CC[C@H]6C5(C)C)OC[C@@H](OS(=O)(=O)O)[C@@H]4O)O[C@@H]3C)O[C@H](CO)[C@H]2O)O[C@H](CO)[C@H]1O. The number of cyclic esters (lactones) is 1. The molecule has 1 spiro atoms. The van der Waals surface area contributed by atoms with Gasteiger partial charge in [-0.1, -0.05) is 51.0 Å². The molecule has 27 heteroatoms. The van der Waals surface area contributed by atoms with Gasteiger partial charge in [-0.25, -0.2) is 4.18 Å². The van der Waals surface area contributed by atoms with E-state index in [1.54, 1.807) is 0 Å². The second-order valence-corrected chi connectivity index (χ2v) is 27.0. The quantitative estimate of drug-likeness (QED) is 0.0520. The number of ether oxygens (including phenoxy) is 11. The number of allylic oxidation sites excluding steroid dienone is 3. The lowest BCUT2D eigenvalue weighted by Crippen LogP contribution is -2.67. The van der Waals surface area contributed by atoms with Crippen LogP contribution in [-0.2, 0) is 76.3 Å². The van der Waals surface area contributed by atoms with Gasteiger partial charge in [0, 0.05) is 31.8 Å². The van der Waals surface area contributed by atoms with Crippen LogP contribution in [0.25, 0.3) is 0 Å². The monoisotopic (exact) mass is 1210 g/mol. The van der Waals surface area contributed by atoms with Crippen molar-refractivity contribution < 1.29 is 125 Å². The third kappa shape index (κ3) is 11.3. The van der Waals surface area contributed by atoms with Crippen molar-refractivity contribution >= 4 is 22.3 Å². The maximum absolute atomic E-state index is 14.7. The molecule has 83 heavy (non-hydrogen) atoms. The first-order chi connectivity index (χ1) is 38.8. The smallest absolute Gasteiger partial charge is 0.397 e. The van der Waals surface area contributed by atoms with Gasteiger partial charge < -0.3 is 98.1 Å². The molecule has 0 aromatic heterocycles. The van der Waals surface area contributed by atoms with Crippen molar-refractivity contribution in [3.63, 3.8) is 0 Å². The van der Waals surface area contributed by atoms with Gasteiger partial charge in [0.1, 0.15) is 91.6 Å². The number of esters is 2. The van der Waals surface area contributed by atoms with Crippen molar-refractivity contribution in [3.8, 4) is 0 Å². The summed E-state index contributed by atoms with van der Waals surface area (Å²) in [7, 11) is -3.99. The standard InChI is InChI=1S/C56H88O26S/c1-24(2)11-14-35(74-26(4)59)55(9)33-16-19-54(8)28-12-13-32-52(5,6)34(17-18-53(32,7)27(28)15-20-56(33,54)51(67)81-55)77-50-46(38(62)31(23-72-50)82-83(68,69)70)80-47-40(64)39(63)43(25(3)73-47)78-49-42(66)45(37(61)30(22-58)76-49)79-48-41(65)44(71-10)36(60)29(21-57)75-48/h11-12,25,27,29-50,57-58,60-66H,13-23H2,1-10H3,(H,68,69,70)/t25-,27-,29-,30-,31-,32+,33-,34+,35?,36-,37-,38+,39-,40-,41-,42-,43-,44+,45+,46-,47+,48+,49+,50+,53-,54+,55-,56-/m1/s1. The van der Waals surface area contributed by atoms with Crippen molar-refractivity contribution in [1.82, 2.24) is 0 Å². The minimum Gasteiger partial charge on any atom is -0.458 e. The summed E-state index contributed by atoms with van der Waals surface area (Å²) in [5.74, 6) is -0.779. The van der Waals surface area contributed by atoms with Crippen molar-refractivity contribution in [1.29, 1.82) is 0 Å². The van der Waals surface area contributed by atoms with E-state index in [0.29, 0.717) is 38.5 Å². The molecule has 0 radical (unpaired) electrons. The molecule has 9 rings (SSSR count). The predicted octanol–water partition coefficient (Wildman–Crippen LogP) is -0.0192. The molecule has 5 heterocycles. The molecular weight excluding hydrogens is 1120 g/mol. The Kier molecular flexibility index (Phi) is 18.9. The normalized spacial score (nSPS) is 49.0. The summed E-state index contributed by atoms with van der Waals surface area (Å²) in [5.41, 5.74) is -0.977. The summed E-state index contributed by atoms with van der Waals surface area (Å²) < 4.78 is 104. The van der Waals surface area contributed by atoms with Gasteiger partial charge in [0.15, 0.2) is 30.8 Å². The molecule has 0 aromatic rings. The van der Waals surface area contributed by atoms with E-state index in [9.17, 15) is 68.5 Å². The van der Waals surface area contributed by atoms with Gasteiger partial charge in [-0.2, -0.15) is 8.42 Å². The second-order valence-electron chi connectivity index (χ2n) is 26.0. The molecule has 10 N–H and O–H groups in total. The molecule has 0 amide bonds. The molecular formula is C56H88O26S. The fraction of sp³-hybridized carbons (Fsp3) is 0.893. The zero-order chi connectivity index (χ0) is 60.8. The number of aliphatic hydroxyl groups excluding tert-OH is 9. The van der Waals surface area contributed by atoms with E-state index >= 15 is 0 Å². The van der Waals surface area contributed by atoms with Crippen molar-refractivity contribution in [3.05, 3.63) is 23.3 Å². The number of hydrogen-bond donors (Lipinski definition) is 10. The molecule has 1 unspecified atom stereocenters. The Morgan fingerprint density at radius 3 is 1.93 bits per heavy atom. The number of rotatable bonds is 17. The molecule has 8 fully saturated rings. The van der Waals surface area contributed by atoms with Gasteiger partial charge in [-0.3, -0.25) is 14.1 Å². The molecule has 28 atom stereocenters. The number of hydrogen-bond acceptors (Lipinski definition) is 25. The lowest BCUT2D eigenvalue weighted by atomic mass is 9.40. The molecule has 5 aliphatic heterocycles. The number of carbonyl (C=O) groups excluding carboxylic acids is 2. The highest BCUT2D eigenvalue weighted by molar-refractivity contribution is 7.80. The molecule has 26 nitrogen and oxygen atoms in total. The van der Waals surface area contributed by atoms with Crippen molar-refractivity contribution in [2.24, 2.45) is 39.4 Å². The Balaban J connectivity index is 0.908. The van der Waals surface area contributed by atoms with E-state index in [-0.39, 0.29) is 29.1 Å². The first-order valence-corrected chi connectivity index (χ1v) is 30.3. The highest BCUT2D eigenvalue weighted by Crippen LogP contribution is 2.76. The van der Waals surface area contributed by atoms with Crippen LogP contribution < -0.4 is 0 Å². The maximum Gasteiger partial charge on any atom is 0.397 e. The van der Waals surface area contributed by atoms with Crippen LogP contribution in [0.2, 0.25) is 0 Å². The van der Waals surface area contributed by atoms with Crippen molar-refractivity contribution in [2.75, 3.05) is 26.9 Å². The van der Waals surface area contributed by atoms with Crippen LogP contribution in [-0.4, -0.2) is 232 Å². The number of fused-ring (bicyclic) bond motifs is 4. The van der Waals surface area contributed by atoms with Crippen LogP contribution in [0.3, 0.4) is 0 Å². The van der Waals surface area contributed by atoms with Gasteiger partial charge >= 0.3 is 22.3 Å². The Labute approximate surface area is 483 Å². The fourth-order valence-corrected chi connectivity index (χ4v) is 16.9. The van der Waals surface area contributed by atoms with Crippen LogP contribution in [0, 0.1) is 39.4 Å². The zero-order valence-corrected chi connectivity index (χ0v) is 49.5. The fourth-order valence-electron chi connectivity index (χ4n) is 16.4. The zero-order valence-electron chi connectivity index (χ0n) is 48.7. The van der Waals surface area contributed by atoms with Gasteiger partial charge in [-0.05, 0) is 95.3 Å². The summed E-state index contributed by atoms with van der Waals surface area (Å²) >= 11 is 0. The third-order valence-electron chi connectivity index (χ3n) is 20.8. The first-order valence-electron chi connectivity index (χ1n) is 28.9. The lowest BCUT2D eigenvalue weighted by Gasteiger charge is -2.64. The third-order valence-corrected chi connectivity index (χ3v) is 21.3. The van der Waals surface area contributed by atoms with Crippen LogP contribution in [0.5, 0.6) is 0 Å². The summed E-state index contributed by atoms with van der Waals surface area (Å²) in [6, 6.07) is 0. The van der Waals surface area contributed by atoms with E-state index in [1.807, 2.05) is 26.8 Å². The molecule has 5 saturated heterocycles. The molecule has 3 saturated carbocycles. The maximum atomic E-state index is 14.7. The van der Waals surface area contributed by atoms with E-state index in [1.165, 1.54) is 26.5 Å². The average Bonchev–Trinajstić information content (AvgIpc) is 1.58. The number of carbonyl (C=O) groups is 2. The van der Waals surface area contributed by atoms with Crippen LogP contribution >= 0.6 is 0 Å². The number of methoxy groups -OCH3 is 1. The van der Waals surface area contributed by atoms with E-state index in [2.05, 4.69) is 33.8 Å². The lowest BCUT2D eigenvalue weighted by molar-refractivity contribution is -0.389. The van der Waals surface area contributed by atoms with Gasteiger partial charge in [0.25, 0.3) is 0 Å². The van der Waals surface area contributed by atoms with Gasteiger partial charge in [-0.15, -0.1) is 0 Å². The first kappa shape index (κ1) is 65.0. The van der Waals surface area contributed by atoms with E-state index in [4.69, 9.17) is 56.3 Å². The summed E-state index contributed by atoms with van der Waals surface area (Å²) in [4.78, 5) is 27.2. The van der Waals surface area contributed by atoms with Crippen LogP contribution in [0.1, 0.15) is 114 Å². The highest BCUT2D eigenvalue weighted by atomic mass is 32.3. The molecule has 0 aromatic carbocycles. The predicted molar refractivity (Wildman–Crippen MR) is 282 cm³/mol. The summed E-state index contributed by atoms with van der Waals surface area (Å²) in [5, 5.41) is 99.3. The summed E-state index contributed by atoms with van der Waals surface area (Å²) in [6.45, 7) is 15.2. The number of aliphatic hydroxyl groups is 9. The van der Waals surface area contributed by atoms with Crippen LogP contribution in [0.4, 0.5) is 0 Å². The largest absolute Gasteiger partial charge is 0.458 e. The highest BCUT2D eigenvalue weighted by Gasteiger charge is 2.78. The van der Waals surface area contributed by atoms with Gasteiger partial charge in [0.05, 0.1) is 37.4 Å². The molecule has 474 valence electrons. The summed E-state index contributed by atoms with van der Waals surface area (Å²) in [6.07, 6.45) is -23.9. The van der Waals surface area contributed by atoms with Crippen molar-refractivity contribution in [2.45, 2.75) is 248 Å². The topological polar surface area (TPSA) is 381 Å². The van der Waals surface area contributed by atoms with E-state index in [0.717, 1.165) is 18.4 Å². The second kappa shape index (κ2) is 24.2. The molecule has 4 aliphatic carbocycles. The molecule has 9 aliphatic rings. The Morgan fingerprint density at radius 1 is 0.723 bits per heavy atom. The Bertz CT molecular complexity index is 2510. The average molecular weight is 1210 g/mol. The minimum absolute atomic E-state index is 0.00255. The van der Waals surface area contributed by atoms with E-state index < -0.39 is 187 Å². The van der Waals surface area contributed by atoms with Gasteiger partial charge in [0.2, 0.25) is 0 Å². The minimum atomic E-state index is -5.18. The Hall–Kier alpha value is -2.43. The Morgan fingerprint density at radius 2 is 1.33 bits per heavy atom. The van der Waals surface area contributed by atoms with Crippen LogP contribution in [0.15, 0.2) is 23.3 Å². The molecule has 0 bridgehead atoms.